The van der Waals surface area contributed by atoms with Gasteiger partial charge in [0.1, 0.15) is 10.7 Å². The molecule has 0 saturated heterocycles. The van der Waals surface area contributed by atoms with E-state index in [4.69, 9.17) is 11.6 Å². The molecule has 0 saturated carbocycles. The molecule has 3 nitrogen and oxygen atoms in total. The van der Waals surface area contributed by atoms with E-state index in [2.05, 4.69) is 4.72 Å². The van der Waals surface area contributed by atoms with Crippen LogP contribution in [-0.2, 0) is 16.6 Å². The SMILES string of the molecule is O=S(=O)(NCc1ccccc1Cl)c1ccccc1F. The van der Waals surface area contributed by atoms with Crippen molar-refractivity contribution < 1.29 is 12.8 Å². The molecule has 0 aliphatic rings. The minimum atomic E-state index is -3.89. The molecular weight excluding hydrogens is 289 g/mol. The van der Waals surface area contributed by atoms with Crippen LogP contribution in [0.2, 0.25) is 5.02 Å². The Bertz CT molecular complexity index is 689. The van der Waals surface area contributed by atoms with E-state index in [0.717, 1.165) is 6.07 Å². The normalized spacial score (nSPS) is 11.5. The van der Waals surface area contributed by atoms with Gasteiger partial charge in [-0.2, -0.15) is 0 Å². The first-order valence-electron chi connectivity index (χ1n) is 5.48. The van der Waals surface area contributed by atoms with E-state index in [1.807, 2.05) is 0 Å². The highest BCUT2D eigenvalue weighted by atomic mass is 35.5. The van der Waals surface area contributed by atoms with Gasteiger partial charge < -0.3 is 0 Å². The number of halogens is 2. The van der Waals surface area contributed by atoms with Crippen LogP contribution in [-0.4, -0.2) is 8.42 Å². The average Bonchev–Trinajstić information content (AvgIpc) is 2.38. The van der Waals surface area contributed by atoms with E-state index in [9.17, 15) is 12.8 Å². The van der Waals surface area contributed by atoms with Crippen molar-refractivity contribution in [1.82, 2.24) is 4.72 Å². The van der Waals surface area contributed by atoms with Crippen LogP contribution in [0, 0.1) is 5.82 Å². The zero-order chi connectivity index (χ0) is 13.9. The molecule has 0 spiro atoms. The number of sulfonamides is 1. The Balaban J connectivity index is 2.20. The number of benzene rings is 2. The summed E-state index contributed by atoms with van der Waals surface area (Å²) in [6.07, 6.45) is 0. The Kier molecular flexibility index (Phi) is 4.19. The summed E-state index contributed by atoms with van der Waals surface area (Å²) in [5.41, 5.74) is 0.629. The lowest BCUT2D eigenvalue weighted by atomic mass is 10.2. The number of hydrogen-bond acceptors (Lipinski definition) is 2. The lowest BCUT2D eigenvalue weighted by molar-refractivity contribution is 0.557. The third-order valence-electron chi connectivity index (χ3n) is 2.54. The summed E-state index contributed by atoms with van der Waals surface area (Å²) in [5.74, 6) is -0.783. The van der Waals surface area contributed by atoms with Gasteiger partial charge in [-0.1, -0.05) is 41.9 Å². The van der Waals surface area contributed by atoms with Crippen LogP contribution in [0.25, 0.3) is 0 Å². The minimum Gasteiger partial charge on any atom is -0.207 e. The van der Waals surface area contributed by atoms with Crippen LogP contribution in [0.3, 0.4) is 0 Å². The molecule has 19 heavy (non-hydrogen) atoms. The molecule has 0 radical (unpaired) electrons. The van der Waals surface area contributed by atoms with Crippen LogP contribution in [0.1, 0.15) is 5.56 Å². The van der Waals surface area contributed by atoms with Gasteiger partial charge in [0.05, 0.1) is 0 Å². The molecule has 0 fully saturated rings. The van der Waals surface area contributed by atoms with Crippen molar-refractivity contribution >= 4 is 21.6 Å². The van der Waals surface area contributed by atoms with Crippen LogP contribution >= 0.6 is 11.6 Å². The fraction of sp³-hybridized carbons (Fsp3) is 0.0769. The first kappa shape index (κ1) is 14.0. The van der Waals surface area contributed by atoms with Crippen molar-refractivity contribution in [3.8, 4) is 0 Å². The zero-order valence-electron chi connectivity index (χ0n) is 9.81. The molecule has 0 heterocycles. The van der Waals surface area contributed by atoms with E-state index in [1.54, 1.807) is 24.3 Å². The third-order valence-corrected chi connectivity index (χ3v) is 4.34. The molecule has 0 bridgehead atoms. The predicted molar refractivity (Wildman–Crippen MR) is 71.9 cm³/mol. The van der Waals surface area contributed by atoms with Gasteiger partial charge >= 0.3 is 0 Å². The van der Waals surface area contributed by atoms with Gasteiger partial charge in [-0.15, -0.1) is 0 Å². The first-order chi connectivity index (χ1) is 9.00. The summed E-state index contributed by atoms with van der Waals surface area (Å²) in [6, 6.07) is 12.1. The van der Waals surface area contributed by atoms with Crippen molar-refractivity contribution in [2.24, 2.45) is 0 Å². The molecule has 2 aromatic carbocycles. The third kappa shape index (κ3) is 3.32. The van der Waals surface area contributed by atoms with Gasteiger partial charge in [0.15, 0.2) is 0 Å². The summed E-state index contributed by atoms with van der Waals surface area (Å²) in [5, 5.41) is 0.457. The molecule has 100 valence electrons. The van der Waals surface area contributed by atoms with Gasteiger partial charge in [0.25, 0.3) is 0 Å². The Hall–Kier alpha value is -1.43. The summed E-state index contributed by atoms with van der Waals surface area (Å²) in [6.45, 7) is 0.0103. The van der Waals surface area contributed by atoms with Gasteiger partial charge in [0, 0.05) is 11.6 Å². The highest BCUT2D eigenvalue weighted by molar-refractivity contribution is 7.89. The van der Waals surface area contributed by atoms with E-state index in [0.29, 0.717) is 10.6 Å². The molecule has 0 aromatic heterocycles. The Morgan fingerprint density at radius 3 is 2.37 bits per heavy atom. The summed E-state index contributed by atoms with van der Waals surface area (Å²) in [4.78, 5) is -0.373. The van der Waals surface area contributed by atoms with E-state index >= 15 is 0 Å². The van der Waals surface area contributed by atoms with Crippen molar-refractivity contribution in [2.45, 2.75) is 11.4 Å². The van der Waals surface area contributed by atoms with E-state index < -0.39 is 15.8 Å². The topological polar surface area (TPSA) is 46.2 Å². The average molecular weight is 300 g/mol. The monoisotopic (exact) mass is 299 g/mol. The standard InChI is InChI=1S/C13H11ClFNO2S/c14-11-6-2-1-5-10(11)9-16-19(17,18)13-8-4-3-7-12(13)15/h1-8,16H,9H2. The largest absolute Gasteiger partial charge is 0.243 e. The number of hydrogen-bond donors (Lipinski definition) is 1. The van der Waals surface area contributed by atoms with Crippen LogP contribution in [0.4, 0.5) is 4.39 Å². The Labute approximate surface area is 116 Å². The lowest BCUT2D eigenvalue weighted by Crippen LogP contribution is -2.24. The van der Waals surface area contributed by atoms with Gasteiger partial charge in [-0.3, -0.25) is 0 Å². The number of nitrogens with one attached hydrogen (secondary N) is 1. The van der Waals surface area contributed by atoms with E-state index in [1.165, 1.54) is 18.2 Å². The van der Waals surface area contributed by atoms with Gasteiger partial charge in [0.2, 0.25) is 10.0 Å². The maximum absolute atomic E-state index is 13.4. The fourth-order valence-corrected chi connectivity index (χ4v) is 2.84. The second-order valence-corrected chi connectivity index (χ2v) is 5.99. The Morgan fingerprint density at radius 1 is 1.05 bits per heavy atom. The molecule has 0 unspecified atom stereocenters. The molecule has 0 atom stereocenters. The second-order valence-electron chi connectivity index (χ2n) is 3.85. The number of rotatable bonds is 4. The van der Waals surface area contributed by atoms with Crippen molar-refractivity contribution in [3.63, 3.8) is 0 Å². The molecule has 6 heteroatoms. The van der Waals surface area contributed by atoms with Crippen LogP contribution < -0.4 is 4.72 Å². The smallest absolute Gasteiger partial charge is 0.207 e. The predicted octanol–water partition coefficient (Wildman–Crippen LogP) is 2.96. The minimum absolute atomic E-state index is 0.0103. The van der Waals surface area contributed by atoms with Crippen molar-refractivity contribution in [3.05, 3.63) is 64.9 Å². The maximum atomic E-state index is 13.4. The van der Waals surface area contributed by atoms with Crippen molar-refractivity contribution in [2.75, 3.05) is 0 Å². The molecule has 0 amide bonds. The molecule has 2 aromatic rings. The quantitative estimate of drug-likeness (QED) is 0.943. The summed E-state index contributed by atoms with van der Waals surface area (Å²) < 4.78 is 39.7. The molecule has 1 N–H and O–H groups in total. The lowest BCUT2D eigenvalue weighted by Gasteiger charge is -2.08. The molecule has 0 aliphatic carbocycles. The van der Waals surface area contributed by atoms with Crippen LogP contribution in [0.15, 0.2) is 53.4 Å². The molecular formula is C13H11ClFNO2S. The molecule has 2 rings (SSSR count). The second kappa shape index (κ2) is 5.69. The van der Waals surface area contributed by atoms with Crippen molar-refractivity contribution in [1.29, 1.82) is 0 Å². The first-order valence-corrected chi connectivity index (χ1v) is 7.34. The fourth-order valence-electron chi connectivity index (χ4n) is 1.55. The van der Waals surface area contributed by atoms with Crippen LogP contribution in [0.5, 0.6) is 0 Å². The summed E-state index contributed by atoms with van der Waals surface area (Å²) >= 11 is 5.92. The van der Waals surface area contributed by atoms with Gasteiger partial charge in [-0.05, 0) is 23.8 Å². The summed E-state index contributed by atoms with van der Waals surface area (Å²) in [7, 11) is -3.89. The highest BCUT2D eigenvalue weighted by Gasteiger charge is 2.18. The highest BCUT2D eigenvalue weighted by Crippen LogP contribution is 2.17. The van der Waals surface area contributed by atoms with E-state index in [-0.39, 0.29) is 11.4 Å². The van der Waals surface area contributed by atoms with Gasteiger partial charge in [-0.25, -0.2) is 17.5 Å². The maximum Gasteiger partial charge on any atom is 0.243 e. The Morgan fingerprint density at radius 2 is 1.68 bits per heavy atom. The molecule has 0 aliphatic heterocycles. The zero-order valence-corrected chi connectivity index (χ0v) is 11.4.